The molecular weight excluding hydrogens is 256 g/mol. The summed E-state index contributed by atoms with van der Waals surface area (Å²) in [6, 6.07) is 0. The number of carbonyl (C=O) groups excluding carboxylic acids is 1. The van der Waals surface area contributed by atoms with Gasteiger partial charge in [-0.05, 0) is 19.3 Å². The number of hydrogen-bond acceptors (Lipinski definition) is 5. The number of anilines is 1. The SMILES string of the molecule is O=C(O)CCCc1csc(N2CCCOC2=O)n1. The van der Waals surface area contributed by atoms with Gasteiger partial charge in [0, 0.05) is 18.3 Å². The van der Waals surface area contributed by atoms with E-state index in [-0.39, 0.29) is 12.5 Å². The van der Waals surface area contributed by atoms with E-state index in [1.165, 1.54) is 16.2 Å². The molecule has 1 amide bonds. The number of aromatic nitrogens is 1. The summed E-state index contributed by atoms with van der Waals surface area (Å²) in [6.07, 6.45) is 1.76. The van der Waals surface area contributed by atoms with Gasteiger partial charge in [-0.2, -0.15) is 0 Å². The standard InChI is InChI=1S/C11H14N2O4S/c14-9(15)4-1-3-8-7-18-10(12-8)13-5-2-6-17-11(13)16/h7H,1-6H2,(H,14,15). The number of carboxylic acids is 1. The Morgan fingerprint density at radius 2 is 2.44 bits per heavy atom. The number of carbonyl (C=O) groups is 2. The van der Waals surface area contributed by atoms with Gasteiger partial charge >= 0.3 is 12.1 Å². The lowest BCUT2D eigenvalue weighted by atomic mass is 10.2. The van der Waals surface area contributed by atoms with Crippen LogP contribution in [0.1, 0.15) is 25.0 Å². The maximum atomic E-state index is 11.5. The molecule has 0 atom stereocenters. The minimum atomic E-state index is -0.801. The van der Waals surface area contributed by atoms with E-state index in [1.807, 2.05) is 5.38 Å². The number of aliphatic carboxylic acids is 1. The quantitative estimate of drug-likeness (QED) is 0.883. The van der Waals surface area contributed by atoms with Crippen LogP contribution in [0.3, 0.4) is 0 Å². The molecule has 1 fully saturated rings. The number of ether oxygens (including phenoxy) is 1. The largest absolute Gasteiger partial charge is 0.481 e. The average molecular weight is 270 g/mol. The Kier molecular flexibility index (Phi) is 4.14. The van der Waals surface area contributed by atoms with Gasteiger partial charge in [-0.3, -0.25) is 9.69 Å². The number of hydrogen-bond donors (Lipinski definition) is 1. The highest BCUT2D eigenvalue weighted by Crippen LogP contribution is 2.24. The average Bonchev–Trinajstić information content (AvgIpc) is 2.78. The van der Waals surface area contributed by atoms with Crippen LogP contribution in [0.2, 0.25) is 0 Å². The van der Waals surface area contributed by atoms with Crippen molar-refractivity contribution in [1.29, 1.82) is 0 Å². The third kappa shape index (κ3) is 3.19. The van der Waals surface area contributed by atoms with Crippen LogP contribution in [-0.4, -0.2) is 35.3 Å². The van der Waals surface area contributed by atoms with E-state index in [9.17, 15) is 9.59 Å². The van der Waals surface area contributed by atoms with Gasteiger partial charge in [0.2, 0.25) is 0 Å². The first-order valence-electron chi connectivity index (χ1n) is 5.77. The molecule has 0 unspecified atom stereocenters. The summed E-state index contributed by atoms with van der Waals surface area (Å²) in [6.45, 7) is 1.09. The molecule has 1 aromatic rings. The Morgan fingerprint density at radius 3 is 3.17 bits per heavy atom. The predicted octanol–water partition coefficient (Wildman–Crippen LogP) is 1.90. The van der Waals surface area contributed by atoms with Crippen molar-refractivity contribution in [3.63, 3.8) is 0 Å². The number of aryl methyl sites for hydroxylation is 1. The number of thiazole rings is 1. The Morgan fingerprint density at radius 1 is 1.61 bits per heavy atom. The van der Waals surface area contributed by atoms with Crippen molar-refractivity contribution in [1.82, 2.24) is 4.98 Å². The molecule has 18 heavy (non-hydrogen) atoms. The second kappa shape index (κ2) is 5.81. The lowest BCUT2D eigenvalue weighted by molar-refractivity contribution is -0.137. The van der Waals surface area contributed by atoms with E-state index in [0.29, 0.717) is 31.1 Å². The molecule has 0 aromatic carbocycles. The highest BCUT2D eigenvalue weighted by atomic mass is 32.1. The number of carboxylic acid groups (broad SMARTS) is 1. The zero-order valence-electron chi connectivity index (χ0n) is 9.79. The van der Waals surface area contributed by atoms with Crippen molar-refractivity contribution in [2.24, 2.45) is 0 Å². The molecule has 0 radical (unpaired) electrons. The summed E-state index contributed by atoms with van der Waals surface area (Å²) >= 11 is 1.39. The van der Waals surface area contributed by atoms with Crippen molar-refractivity contribution < 1.29 is 19.4 Å². The molecule has 1 aliphatic rings. The van der Waals surface area contributed by atoms with Gasteiger partial charge in [0.1, 0.15) is 0 Å². The topological polar surface area (TPSA) is 79.7 Å². The Hall–Kier alpha value is -1.63. The molecule has 0 spiro atoms. The summed E-state index contributed by atoms with van der Waals surface area (Å²) in [5, 5.41) is 11.0. The summed E-state index contributed by atoms with van der Waals surface area (Å²) in [7, 11) is 0. The van der Waals surface area contributed by atoms with E-state index >= 15 is 0 Å². The van der Waals surface area contributed by atoms with Crippen LogP contribution in [-0.2, 0) is 16.0 Å². The molecular formula is C11H14N2O4S. The van der Waals surface area contributed by atoms with Gasteiger partial charge < -0.3 is 9.84 Å². The van der Waals surface area contributed by atoms with Gasteiger partial charge in [0.05, 0.1) is 12.3 Å². The Bertz CT molecular complexity index is 446. The van der Waals surface area contributed by atoms with Crippen LogP contribution in [0.25, 0.3) is 0 Å². The first kappa shape index (κ1) is 12.8. The van der Waals surface area contributed by atoms with Gasteiger partial charge in [0.25, 0.3) is 0 Å². The molecule has 98 valence electrons. The monoisotopic (exact) mass is 270 g/mol. The van der Waals surface area contributed by atoms with Crippen molar-refractivity contribution >= 4 is 28.5 Å². The van der Waals surface area contributed by atoms with Gasteiger partial charge in [-0.15, -0.1) is 11.3 Å². The third-order valence-corrected chi connectivity index (χ3v) is 3.48. The van der Waals surface area contributed by atoms with Crippen molar-refractivity contribution in [3.8, 4) is 0 Å². The summed E-state index contributed by atoms with van der Waals surface area (Å²) in [5.41, 5.74) is 0.828. The Labute approximate surface area is 108 Å². The first-order chi connectivity index (χ1) is 8.66. The normalized spacial score (nSPS) is 15.6. The van der Waals surface area contributed by atoms with Gasteiger partial charge in [0.15, 0.2) is 5.13 Å². The van der Waals surface area contributed by atoms with E-state index < -0.39 is 5.97 Å². The lowest BCUT2D eigenvalue weighted by Crippen LogP contribution is -2.37. The molecule has 0 saturated carbocycles. The van der Waals surface area contributed by atoms with Gasteiger partial charge in [-0.1, -0.05) is 0 Å². The predicted molar refractivity (Wildman–Crippen MR) is 66.0 cm³/mol. The van der Waals surface area contributed by atoms with Crippen LogP contribution in [0.5, 0.6) is 0 Å². The van der Waals surface area contributed by atoms with Crippen molar-refractivity contribution in [3.05, 3.63) is 11.1 Å². The third-order valence-electron chi connectivity index (χ3n) is 2.57. The maximum Gasteiger partial charge on any atom is 0.416 e. The van der Waals surface area contributed by atoms with Crippen LogP contribution < -0.4 is 4.90 Å². The molecule has 1 aromatic heterocycles. The highest BCUT2D eigenvalue weighted by molar-refractivity contribution is 7.14. The lowest BCUT2D eigenvalue weighted by Gasteiger charge is -2.23. The summed E-state index contributed by atoms with van der Waals surface area (Å²) in [4.78, 5) is 27.8. The van der Waals surface area contributed by atoms with E-state index in [0.717, 1.165) is 12.1 Å². The van der Waals surface area contributed by atoms with Crippen LogP contribution in [0, 0.1) is 0 Å². The fourth-order valence-corrected chi connectivity index (χ4v) is 2.56. The Balaban J connectivity index is 1.92. The molecule has 6 nitrogen and oxygen atoms in total. The molecule has 1 aliphatic heterocycles. The van der Waals surface area contributed by atoms with Gasteiger partial charge in [-0.25, -0.2) is 9.78 Å². The molecule has 1 saturated heterocycles. The highest BCUT2D eigenvalue weighted by Gasteiger charge is 2.23. The minimum absolute atomic E-state index is 0.138. The second-order valence-corrected chi connectivity index (χ2v) is 4.82. The van der Waals surface area contributed by atoms with Crippen molar-refractivity contribution in [2.75, 3.05) is 18.1 Å². The maximum absolute atomic E-state index is 11.5. The number of cyclic esters (lactones) is 1. The first-order valence-corrected chi connectivity index (χ1v) is 6.65. The number of nitrogens with zero attached hydrogens (tertiary/aromatic N) is 2. The van der Waals surface area contributed by atoms with E-state index in [2.05, 4.69) is 4.98 Å². The molecule has 0 bridgehead atoms. The molecule has 7 heteroatoms. The van der Waals surface area contributed by atoms with Crippen LogP contribution in [0.4, 0.5) is 9.93 Å². The van der Waals surface area contributed by atoms with Crippen LogP contribution in [0.15, 0.2) is 5.38 Å². The second-order valence-electron chi connectivity index (χ2n) is 3.99. The van der Waals surface area contributed by atoms with E-state index in [4.69, 9.17) is 9.84 Å². The molecule has 0 aliphatic carbocycles. The summed E-state index contributed by atoms with van der Waals surface area (Å²) < 4.78 is 4.94. The smallest absolute Gasteiger partial charge is 0.416 e. The summed E-state index contributed by atoms with van der Waals surface area (Å²) in [5.74, 6) is -0.801. The fourth-order valence-electron chi connectivity index (χ4n) is 1.68. The molecule has 2 rings (SSSR count). The molecule has 1 N–H and O–H groups in total. The zero-order valence-corrected chi connectivity index (χ0v) is 10.6. The number of amides is 1. The molecule has 2 heterocycles. The van der Waals surface area contributed by atoms with Crippen LogP contribution >= 0.6 is 11.3 Å². The van der Waals surface area contributed by atoms with Crippen molar-refractivity contribution in [2.45, 2.75) is 25.7 Å². The minimum Gasteiger partial charge on any atom is -0.481 e. The number of rotatable bonds is 5. The van der Waals surface area contributed by atoms with E-state index in [1.54, 1.807) is 0 Å². The zero-order chi connectivity index (χ0) is 13.0. The fraction of sp³-hybridized carbons (Fsp3) is 0.545.